The van der Waals surface area contributed by atoms with Crippen molar-refractivity contribution in [3.63, 3.8) is 0 Å². The predicted molar refractivity (Wildman–Crippen MR) is 127 cm³/mol. The Bertz CT molecular complexity index is 1420. The number of fused-ring (bicyclic) bond motifs is 6. The number of benzene rings is 3. The second-order valence-electron chi connectivity index (χ2n) is 7.68. The predicted octanol–water partition coefficient (Wildman–Crippen LogP) is 6.72. The van der Waals surface area contributed by atoms with Gasteiger partial charge in [0.2, 0.25) is 0 Å². The number of hydrogen-bond donors (Lipinski definition) is 0. The first-order valence-corrected chi connectivity index (χ1v) is 11.5. The van der Waals surface area contributed by atoms with Crippen LogP contribution >= 0.6 is 46.4 Å². The molecule has 0 saturated carbocycles. The molecule has 0 bridgehead atoms. The molecule has 0 unspecified atom stereocenters. The minimum Gasteiger partial charge on any atom is -0.456 e. The molecule has 0 aromatic heterocycles. The largest absolute Gasteiger partial charge is 0.456 e. The zero-order chi connectivity index (χ0) is 25.2. The average Bonchev–Trinajstić information content (AvgIpc) is 3.08. The van der Waals surface area contributed by atoms with E-state index >= 15 is 0 Å². The minimum atomic E-state index is -1.65. The standard InChI is InChI=1S/C24H12Cl4O7/c1-9(29)32-11-3-5-13-15(7-11)34-16-8-12(33-10(2)30)4-6-14(16)24(13)18-17(23(31)35-24)19(25)21(27)22(28)20(18)26/h3-8H,1-2H3. The van der Waals surface area contributed by atoms with Crippen LogP contribution in [0.4, 0.5) is 0 Å². The summed E-state index contributed by atoms with van der Waals surface area (Å²) in [7, 11) is 0. The molecule has 2 aliphatic heterocycles. The van der Waals surface area contributed by atoms with Gasteiger partial charge in [0.1, 0.15) is 23.0 Å². The highest BCUT2D eigenvalue weighted by Gasteiger charge is 2.56. The van der Waals surface area contributed by atoms with E-state index < -0.39 is 23.5 Å². The van der Waals surface area contributed by atoms with Gasteiger partial charge in [-0.2, -0.15) is 0 Å². The van der Waals surface area contributed by atoms with Crippen molar-refractivity contribution in [3.8, 4) is 23.0 Å². The maximum absolute atomic E-state index is 13.2. The summed E-state index contributed by atoms with van der Waals surface area (Å²) < 4.78 is 22.4. The van der Waals surface area contributed by atoms with Gasteiger partial charge in [-0.3, -0.25) is 9.59 Å². The Labute approximate surface area is 218 Å². The second kappa shape index (κ2) is 8.31. The topological polar surface area (TPSA) is 88.1 Å². The van der Waals surface area contributed by atoms with Gasteiger partial charge in [0.25, 0.3) is 0 Å². The van der Waals surface area contributed by atoms with Gasteiger partial charge in [0.05, 0.1) is 25.7 Å². The van der Waals surface area contributed by atoms with Crippen LogP contribution < -0.4 is 14.2 Å². The SMILES string of the molecule is CC(=O)Oc1ccc2c(c1)Oc1cc(OC(C)=O)ccc1C21OC(=O)c2c(Cl)c(Cl)c(Cl)c(Cl)c21. The monoisotopic (exact) mass is 552 g/mol. The van der Waals surface area contributed by atoms with E-state index in [9.17, 15) is 14.4 Å². The van der Waals surface area contributed by atoms with Crippen LogP contribution in [0.2, 0.25) is 20.1 Å². The zero-order valence-corrected chi connectivity index (χ0v) is 20.9. The molecule has 0 aliphatic carbocycles. The lowest BCUT2D eigenvalue weighted by Gasteiger charge is -2.37. The summed E-state index contributed by atoms with van der Waals surface area (Å²) in [5.41, 5.74) is -0.782. The van der Waals surface area contributed by atoms with E-state index in [2.05, 4.69) is 0 Å². The Hall–Kier alpha value is -2.97. The van der Waals surface area contributed by atoms with Crippen LogP contribution in [0, 0.1) is 0 Å². The molecule has 0 N–H and O–H groups in total. The van der Waals surface area contributed by atoms with Crippen molar-refractivity contribution < 1.29 is 33.3 Å². The molecule has 2 aliphatic rings. The quantitative estimate of drug-likeness (QED) is 0.151. The third-order valence-corrected chi connectivity index (χ3v) is 7.28. The molecule has 0 atom stereocenters. The summed E-state index contributed by atoms with van der Waals surface area (Å²) in [4.78, 5) is 36.2. The number of hydrogen-bond acceptors (Lipinski definition) is 7. The number of ether oxygens (including phenoxy) is 4. The van der Waals surface area contributed by atoms with Crippen LogP contribution in [-0.4, -0.2) is 17.9 Å². The fourth-order valence-electron chi connectivity index (χ4n) is 4.25. The van der Waals surface area contributed by atoms with E-state index in [1.165, 1.54) is 38.1 Å². The summed E-state index contributed by atoms with van der Waals surface area (Å²) in [5, 5.41) is -0.291. The van der Waals surface area contributed by atoms with Crippen LogP contribution in [0.15, 0.2) is 36.4 Å². The highest BCUT2D eigenvalue weighted by Crippen LogP contribution is 2.61. The minimum absolute atomic E-state index is 0.0335. The van der Waals surface area contributed by atoms with Crippen molar-refractivity contribution >= 4 is 64.3 Å². The Morgan fingerprint density at radius 2 is 1.26 bits per heavy atom. The number of halogens is 4. The van der Waals surface area contributed by atoms with Gasteiger partial charge in [-0.1, -0.05) is 46.4 Å². The highest BCUT2D eigenvalue weighted by atomic mass is 35.5. The average molecular weight is 554 g/mol. The lowest BCUT2D eigenvalue weighted by Crippen LogP contribution is -2.33. The molecule has 178 valence electrons. The van der Waals surface area contributed by atoms with Gasteiger partial charge >= 0.3 is 17.9 Å². The van der Waals surface area contributed by atoms with Gasteiger partial charge in [0, 0.05) is 42.7 Å². The molecule has 1 spiro atoms. The van der Waals surface area contributed by atoms with Crippen molar-refractivity contribution in [2.75, 3.05) is 0 Å². The summed E-state index contributed by atoms with van der Waals surface area (Å²) >= 11 is 25.7. The number of esters is 3. The number of carbonyl (C=O) groups is 3. The molecular weight excluding hydrogens is 542 g/mol. The van der Waals surface area contributed by atoms with E-state index in [4.69, 9.17) is 65.4 Å². The lowest BCUT2D eigenvalue weighted by atomic mass is 9.77. The van der Waals surface area contributed by atoms with Crippen molar-refractivity contribution in [1.29, 1.82) is 0 Å². The van der Waals surface area contributed by atoms with Gasteiger partial charge < -0.3 is 18.9 Å². The van der Waals surface area contributed by atoms with E-state index in [1.807, 2.05) is 0 Å². The Morgan fingerprint density at radius 1 is 0.771 bits per heavy atom. The van der Waals surface area contributed by atoms with Gasteiger partial charge in [0.15, 0.2) is 5.60 Å². The van der Waals surface area contributed by atoms with Crippen molar-refractivity contribution in [3.05, 3.63) is 78.7 Å². The van der Waals surface area contributed by atoms with Crippen LogP contribution in [0.1, 0.15) is 40.9 Å². The van der Waals surface area contributed by atoms with Crippen molar-refractivity contribution in [1.82, 2.24) is 0 Å². The van der Waals surface area contributed by atoms with E-state index in [1.54, 1.807) is 12.1 Å². The molecule has 0 fully saturated rings. The smallest absolute Gasteiger partial charge is 0.341 e. The molecule has 0 radical (unpaired) electrons. The third-order valence-electron chi connectivity index (χ3n) is 5.48. The van der Waals surface area contributed by atoms with Crippen LogP contribution in [-0.2, 0) is 19.9 Å². The fraction of sp³-hybridized carbons (Fsp3) is 0.125. The molecule has 3 aromatic carbocycles. The zero-order valence-electron chi connectivity index (χ0n) is 17.8. The Morgan fingerprint density at radius 3 is 1.74 bits per heavy atom. The second-order valence-corrected chi connectivity index (χ2v) is 9.19. The molecule has 0 saturated heterocycles. The first-order chi connectivity index (χ1) is 16.5. The lowest BCUT2D eigenvalue weighted by molar-refractivity contribution is -0.132. The van der Waals surface area contributed by atoms with Crippen LogP contribution in [0.25, 0.3) is 0 Å². The van der Waals surface area contributed by atoms with Crippen molar-refractivity contribution in [2.45, 2.75) is 19.4 Å². The Balaban J connectivity index is 1.86. The normalized spacial score (nSPS) is 14.4. The van der Waals surface area contributed by atoms with E-state index in [-0.39, 0.29) is 54.2 Å². The molecule has 35 heavy (non-hydrogen) atoms. The molecule has 5 rings (SSSR count). The molecule has 2 heterocycles. The summed E-state index contributed by atoms with van der Waals surface area (Å²) in [6.07, 6.45) is 0. The third kappa shape index (κ3) is 3.53. The van der Waals surface area contributed by atoms with E-state index in [0.29, 0.717) is 11.1 Å². The van der Waals surface area contributed by atoms with Crippen LogP contribution in [0.5, 0.6) is 23.0 Å². The molecule has 7 nitrogen and oxygen atoms in total. The van der Waals surface area contributed by atoms with Gasteiger partial charge in [-0.15, -0.1) is 0 Å². The molecule has 0 amide bonds. The van der Waals surface area contributed by atoms with Gasteiger partial charge in [-0.05, 0) is 24.3 Å². The highest BCUT2D eigenvalue weighted by molar-refractivity contribution is 6.53. The number of carbonyl (C=O) groups excluding carboxylic acids is 3. The van der Waals surface area contributed by atoms with E-state index in [0.717, 1.165) is 0 Å². The summed E-state index contributed by atoms with van der Waals surface area (Å²) in [6, 6.07) is 9.10. The molecular formula is C24H12Cl4O7. The van der Waals surface area contributed by atoms with Crippen molar-refractivity contribution in [2.24, 2.45) is 0 Å². The Kier molecular flexibility index (Phi) is 5.64. The maximum atomic E-state index is 13.2. The van der Waals surface area contributed by atoms with Crippen LogP contribution in [0.3, 0.4) is 0 Å². The first kappa shape index (κ1) is 23.8. The summed E-state index contributed by atoms with van der Waals surface area (Å²) in [5.74, 6) is -1.10. The molecule has 3 aromatic rings. The summed E-state index contributed by atoms with van der Waals surface area (Å²) in [6.45, 7) is 2.51. The molecule has 11 heteroatoms. The maximum Gasteiger partial charge on any atom is 0.341 e. The van der Waals surface area contributed by atoms with Gasteiger partial charge in [-0.25, -0.2) is 4.79 Å². The first-order valence-electron chi connectivity index (χ1n) is 9.98. The number of rotatable bonds is 2. The fourth-order valence-corrected chi connectivity index (χ4v) is 5.32.